The number of carboxylic acid groups (broad SMARTS) is 1. The van der Waals surface area contributed by atoms with Gasteiger partial charge in [-0.1, -0.05) is 0 Å². The van der Waals surface area contributed by atoms with Crippen LogP contribution < -0.4 is 0 Å². The van der Waals surface area contributed by atoms with Gasteiger partial charge in [0.1, 0.15) is 5.52 Å². The Labute approximate surface area is 76.2 Å². The maximum atomic E-state index is 13.1. The van der Waals surface area contributed by atoms with Gasteiger partial charge in [0.15, 0.2) is 11.6 Å². The number of aromatic amines is 1. The molecule has 1 aromatic carbocycles. The van der Waals surface area contributed by atoms with Crippen LogP contribution in [0.25, 0.3) is 10.9 Å². The minimum atomic E-state index is -1.51. The minimum Gasteiger partial charge on any atom is -0.478 e. The molecule has 0 atom stereocenters. The van der Waals surface area contributed by atoms with E-state index in [-0.39, 0.29) is 10.9 Å². The number of halogens is 2. The van der Waals surface area contributed by atoms with E-state index in [1.54, 1.807) is 0 Å². The van der Waals surface area contributed by atoms with Gasteiger partial charge in [-0.25, -0.2) is 13.6 Å². The molecule has 2 N–H and O–H groups in total. The number of carboxylic acids is 1. The predicted molar refractivity (Wildman–Crippen MR) is 43.0 cm³/mol. The number of H-pyrrole nitrogens is 1. The van der Waals surface area contributed by atoms with Crippen molar-refractivity contribution in [2.24, 2.45) is 0 Å². The van der Waals surface area contributed by atoms with Crippen molar-refractivity contribution in [2.75, 3.05) is 0 Å². The lowest BCUT2D eigenvalue weighted by Crippen LogP contribution is -2.03. The van der Waals surface area contributed by atoms with Crippen molar-refractivity contribution in [3.63, 3.8) is 0 Å². The van der Waals surface area contributed by atoms with Crippen molar-refractivity contribution in [1.82, 2.24) is 10.2 Å². The minimum absolute atomic E-state index is 0.132. The number of benzene rings is 1. The summed E-state index contributed by atoms with van der Waals surface area (Å²) in [4.78, 5) is 10.5. The average molecular weight is 198 g/mol. The molecule has 1 heterocycles. The maximum absolute atomic E-state index is 13.1. The van der Waals surface area contributed by atoms with Crippen molar-refractivity contribution in [3.05, 3.63) is 29.5 Å². The van der Waals surface area contributed by atoms with Crippen LogP contribution in [0.15, 0.2) is 12.3 Å². The van der Waals surface area contributed by atoms with Crippen LogP contribution in [-0.4, -0.2) is 21.3 Å². The Kier molecular flexibility index (Phi) is 1.70. The fourth-order valence-electron chi connectivity index (χ4n) is 1.18. The van der Waals surface area contributed by atoms with Gasteiger partial charge in [-0.05, 0) is 6.07 Å². The first kappa shape index (κ1) is 8.61. The molecule has 0 bridgehead atoms. The zero-order chi connectivity index (χ0) is 10.3. The third-order valence-electron chi connectivity index (χ3n) is 1.85. The molecule has 1 aromatic heterocycles. The Balaban J connectivity index is 2.87. The molecule has 0 amide bonds. The molecule has 4 nitrogen and oxygen atoms in total. The fourth-order valence-corrected chi connectivity index (χ4v) is 1.18. The number of nitrogens with zero attached hydrogens (tertiary/aromatic N) is 1. The summed E-state index contributed by atoms with van der Waals surface area (Å²) in [7, 11) is 0. The standard InChI is InChI=1S/C8H4F2N2O2/c9-5-4(8(13)14)1-3-2-11-12-7(3)6(5)10/h1-2H,(H,11,12)(H,13,14). The van der Waals surface area contributed by atoms with Crippen LogP contribution >= 0.6 is 0 Å². The molecule has 2 aromatic rings. The topological polar surface area (TPSA) is 66.0 Å². The largest absolute Gasteiger partial charge is 0.478 e. The highest BCUT2D eigenvalue weighted by molar-refractivity contribution is 5.93. The van der Waals surface area contributed by atoms with Crippen LogP contribution in [0.4, 0.5) is 8.78 Å². The first-order valence-electron chi connectivity index (χ1n) is 3.65. The molecule has 0 saturated heterocycles. The third kappa shape index (κ3) is 1.04. The van der Waals surface area contributed by atoms with Gasteiger partial charge in [0.05, 0.1) is 11.8 Å². The molecule has 14 heavy (non-hydrogen) atoms. The Hall–Kier alpha value is -1.98. The summed E-state index contributed by atoms with van der Waals surface area (Å²) in [5.74, 6) is -4.11. The van der Waals surface area contributed by atoms with Crippen molar-refractivity contribution in [3.8, 4) is 0 Å². The molecular weight excluding hydrogens is 194 g/mol. The number of aromatic nitrogens is 2. The van der Waals surface area contributed by atoms with Crippen LogP contribution in [0.3, 0.4) is 0 Å². The van der Waals surface area contributed by atoms with Crippen LogP contribution in [0, 0.1) is 11.6 Å². The van der Waals surface area contributed by atoms with Crippen LogP contribution in [-0.2, 0) is 0 Å². The first-order chi connectivity index (χ1) is 6.61. The normalized spacial score (nSPS) is 10.7. The number of nitrogens with one attached hydrogen (secondary N) is 1. The number of hydrogen-bond acceptors (Lipinski definition) is 2. The van der Waals surface area contributed by atoms with E-state index in [9.17, 15) is 13.6 Å². The van der Waals surface area contributed by atoms with Gasteiger partial charge in [0.25, 0.3) is 0 Å². The van der Waals surface area contributed by atoms with Crippen molar-refractivity contribution >= 4 is 16.9 Å². The molecular formula is C8H4F2N2O2. The third-order valence-corrected chi connectivity index (χ3v) is 1.85. The summed E-state index contributed by atoms with van der Waals surface area (Å²) in [6.07, 6.45) is 1.23. The number of carbonyl (C=O) groups is 1. The van der Waals surface area contributed by atoms with Crippen molar-refractivity contribution in [2.45, 2.75) is 0 Å². The molecule has 0 radical (unpaired) electrons. The average Bonchev–Trinajstić information content (AvgIpc) is 2.58. The molecule has 2 rings (SSSR count). The SMILES string of the molecule is O=C(O)c1cc2cn[nH]c2c(F)c1F. The molecule has 72 valence electrons. The van der Waals surface area contributed by atoms with Crippen LogP contribution in [0.5, 0.6) is 0 Å². The number of hydrogen-bond donors (Lipinski definition) is 2. The van der Waals surface area contributed by atoms with Gasteiger partial charge in [-0.3, -0.25) is 5.10 Å². The van der Waals surface area contributed by atoms with Gasteiger partial charge < -0.3 is 5.11 Å². The summed E-state index contributed by atoms with van der Waals surface area (Å²) in [6, 6.07) is 1.03. The maximum Gasteiger partial charge on any atom is 0.338 e. The smallest absolute Gasteiger partial charge is 0.338 e. The highest BCUT2D eigenvalue weighted by atomic mass is 19.2. The Morgan fingerprint density at radius 2 is 2.14 bits per heavy atom. The van der Waals surface area contributed by atoms with E-state index in [1.165, 1.54) is 6.20 Å². The first-order valence-corrected chi connectivity index (χ1v) is 3.65. The molecule has 0 fully saturated rings. The summed E-state index contributed by atoms with van der Waals surface area (Å²) >= 11 is 0. The van der Waals surface area contributed by atoms with E-state index in [2.05, 4.69) is 10.2 Å². The lowest BCUT2D eigenvalue weighted by molar-refractivity contribution is 0.0691. The number of rotatable bonds is 1. The van der Waals surface area contributed by atoms with Crippen LogP contribution in [0.1, 0.15) is 10.4 Å². The monoisotopic (exact) mass is 198 g/mol. The van der Waals surface area contributed by atoms with E-state index in [0.29, 0.717) is 0 Å². The fraction of sp³-hybridized carbons (Fsp3) is 0. The zero-order valence-electron chi connectivity index (χ0n) is 6.71. The van der Waals surface area contributed by atoms with E-state index in [1.807, 2.05) is 0 Å². The molecule has 0 saturated carbocycles. The van der Waals surface area contributed by atoms with E-state index in [0.717, 1.165) is 6.07 Å². The quantitative estimate of drug-likeness (QED) is 0.730. The molecule has 0 aliphatic heterocycles. The number of aromatic carboxylic acids is 1. The summed E-state index contributed by atoms with van der Waals surface area (Å²) in [6.45, 7) is 0. The van der Waals surface area contributed by atoms with Gasteiger partial charge >= 0.3 is 5.97 Å². The molecule has 0 spiro atoms. The van der Waals surface area contributed by atoms with Gasteiger partial charge in [0, 0.05) is 5.39 Å². The lowest BCUT2D eigenvalue weighted by Gasteiger charge is -1.99. The summed E-state index contributed by atoms with van der Waals surface area (Å²) in [5, 5.41) is 14.5. The number of fused-ring (bicyclic) bond motifs is 1. The van der Waals surface area contributed by atoms with E-state index in [4.69, 9.17) is 5.11 Å². The Morgan fingerprint density at radius 3 is 2.79 bits per heavy atom. The van der Waals surface area contributed by atoms with Crippen LogP contribution in [0.2, 0.25) is 0 Å². The van der Waals surface area contributed by atoms with Gasteiger partial charge in [0.2, 0.25) is 0 Å². The van der Waals surface area contributed by atoms with Crippen molar-refractivity contribution in [1.29, 1.82) is 0 Å². The molecule has 6 heteroatoms. The highest BCUT2D eigenvalue weighted by Crippen LogP contribution is 2.21. The summed E-state index contributed by atoms with van der Waals surface area (Å²) < 4.78 is 26.2. The lowest BCUT2D eigenvalue weighted by atomic mass is 10.1. The second-order valence-corrected chi connectivity index (χ2v) is 2.69. The highest BCUT2D eigenvalue weighted by Gasteiger charge is 2.18. The Bertz CT molecular complexity index is 521. The Morgan fingerprint density at radius 1 is 1.43 bits per heavy atom. The predicted octanol–water partition coefficient (Wildman–Crippen LogP) is 1.54. The van der Waals surface area contributed by atoms with Crippen molar-refractivity contribution < 1.29 is 18.7 Å². The summed E-state index contributed by atoms with van der Waals surface area (Å²) in [5.41, 5.74) is -0.830. The van der Waals surface area contributed by atoms with E-state index < -0.39 is 23.2 Å². The van der Waals surface area contributed by atoms with Gasteiger partial charge in [-0.2, -0.15) is 5.10 Å². The second-order valence-electron chi connectivity index (χ2n) is 2.69. The van der Waals surface area contributed by atoms with Gasteiger partial charge in [-0.15, -0.1) is 0 Å². The molecule has 0 aliphatic carbocycles. The molecule has 0 unspecified atom stereocenters. The molecule has 0 aliphatic rings. The zero-order valence-corrected chi connectivity index (χ0v) is 6.71. The van der Waals surface area contributed by atoms with E-state index >= 15 is 0 Å². The second kappa shape index (κ2) is 2.76.